The van der Waals surface area contributed by atoms with E-state index in [4.69, 9.17) is 9.47 Å². The van der Waals surface area contributed by atoms with Crippen LogP contribution in [0.3, 0.4) is 0 Å². The Morgan fingerprint density at radius 3 is 1.32 bits per heavy atom. The molecule has 8 unspecified atom stereocenters. The van der Waals surface area contributed by atoms with Crippen LogP contribution in [-0.2, 0) is 11.2 Å². The van der Waals surface area contributed by atoms with Crippen molar-refractivity contribution >= 4 is 0 Å². The van der Waals surface area contributed by atoms with Crippen molar-refractivity contribution in [3.8, 4) is 11.5 Å². The van der Waals surface area contributed by atoms with E-state index in [2.05, 4.69) is 159 Å². The number of rotatable bonds is 12. The molecule has 2 aliphatic rings. The Labute approximate surface area is 370 Å². The van der Waals surface area contributed by atoms with Crippen molar-refractivity contribution in [1.82, 2.24) is 9.80 Å². The van der Waals surface area contributed by atoms with E-state index in [1.54, 1.807) is 14.2 Å². The minimum Gasteiger partial charge on any atom is -0.497 e. The highest BCUT2D eigenvalue weighted by atomic mass is 16.5. The van der Waals surface area contributed by atoms with Gasteiger partial charge in [0.1, 0.15) is 11.5 Å². The van der Waals surface area contributed by atoms with Crippen LogP contribution in [0.2, 0.25) is 0 Å². The first-order valence-corrected chi connectivity index (χ1v) is 22.3. The summed E-state index contributed by atoms with van der Waals surface area (Å²) in [6.45, 7) is 0. The normalized spacial score (nSPS) is 24.7. The van der Waals surface area contributed by atoms with Crippen LogP contribution in [0.5, 0.6) is 11.5 Å². The monoisotopic (exact) mass is 831 g/mol. The SMILES string of the molecule is COc1ccc(C2(O)CCC(c3ccccc3)CC2C(c2ccccc2)N(C)C)cc1.COc1ccccc1C1(O)CCC(c2ccccc2)CC1C(c1ccccc1)N(C)C. The van der Waals surface area contributed by atoms with Crippen molar-refractivity contribution in [3.63, 3.8) is 0 Å². The fourth-order valence-electron chi connectivity index (χ4n) is 10.9. The van der Waals surface area contributed by atoms with Crippen molar-refractivity contribution in [2.45, 2.75) is 73.6 Å². The van der Waals surface area contributed by atoms with E-state index in [0.717, 1.165) is 54.7 Å². The molecule has 2 fully saturated rings. The highest BCUT2D eigenvalue weighted by Crippen LogP contribution is 2.55. The first kappa shape index (κ1) is 44.8. The maximum atomic E-state index is 12.4. The Bertz CT molecular complexity index is 2250. The van der Waals surface area contributed by atoms with Crippen LogP contribution in [0.1, 0.15) is 95.8 Å². The maximum absolute atomic E-state index is 12.4. The number of hydrogen-bond acceptors (Lipinski definition) is 6. The van der Waals surface area contributed by atoms with E-state index in [-0.39, 0.29) is 23.9 Å². The van der Waals surface area contributed by atoms with Crippen LogP contribution in [0.25, 0.3) is 0 Å². The first-order valence-electron chi connectivity index (χ1n) is 22.3. The molecule has 0 amide bonds. The molecule has 0 aromatic heterocycles. The molecule has 2 saturated carbocycles. The molecule has 6 aromatic carbocycles. The summed E-state index contributed by atoms with van der Waals surface area (Å²) in [6, 6.07) is 58.9. The second kappa shape index (κ2) is 20.3. The lowest BCUT2D eigenvalue weighted by Crippen LogP contribution is -2.46. The van der Waals surface area contributed by atoms with E-state index in [1.807, 2.05) is 48.5 Å². The van der Waals surface area contributed by atoms with Gasteiger partial charge in [-0.05, 0) is 125 Å². The highest BCUT2D eigenvalue weighted by molar-refractivity contribution is 5.41. The summed E-state index contributed by atoms with van der Waals surface area (Å²) in [5, 5.41) is 24.6. The quantitative estimate of drug-likeness (QED) is 0.128. The third-order valence-electron chi connectivity index (χ3n) is 13.9. The molecule has 0 saturated heterocycles. The van der Waals surface area contributed by atoms with Crippen molar-refractivity contribution in [2.24, 2.45) is 11.8 Å². The molecule has 6 aromatic rings. The zero-order chi connectivity index (χ0) is 43.7. The molecule has 2 N–H and O–H groups in total. The van der Waals surface area contributed by atoms with Crippen molar-refractivity contribution in [2.75, 3.05) is 42.4 Å². The minimum absolute atomic E-state index is 0.0140. The predicted octanol–water partition coefficient (Wildman–Crippen LogP) is 11.5. The number of ether oxygens (including phenoxy) is 2. The summed E-state index contributed by atoms with van der Waals surface area (Å²) in [7, 11) is 11.8. The zero-order valence-electron chi connectivity index (χ0n) is 37.5. The van der Waals surface area contributed by atoms with Crippen LogP contribution in [0, 0.1) is 11.8 Å². The van der Waals surface area contributed by atoms with Gasteiger partial charge >= 0.3 is 0 Å². The predicted molar refractivity (Wildman–Crippen MR) is 253 cm³/mol. The van der Waals surface area contributed by atoms with Gasteiger partial charge in [0.25, 0.3) is 0 Å². The third-order valence-corrected chi connectivity index (χ3v) is 13.9. The van der Waals surface area contributed by atoms with Crippen LogP contribution in [0.4, 0.5) is 0 Å². The summed E-state index contributed by atoms with van der Waals surface area (Å²) in [4.78, 5) is 4.52. The van der Waals surface area contributed by atoms with E-state index >= 15 is 0 Å². The van der Waals surface area contributed by atoms with Crippen LogP contribution in [0.15, 0.2) is 170 Å². The average Bonchev–Trinajstić information content (AvgIpc) is 3.31. The van der Waals surface area contributed by atoms with Crippen molar-refractivity contribution < 1.29 is 19.7 Å². The van der Waals surface area contributed by atoms with Gasteiger partial charge in [-0.1, -0.05) is 152 Å². The Hall–Kier alpha value is -5.24. The second-order valence-corrected chi connectivity index (χ2v) is 17.9. The lowest BCUT2D eigenvalue weighted by molar-refractivity contribution is -0.0898. The maximum Gasteiger partial charge on any atom is 0.124 e. The fourth-order valence-corrected chi connectivity index (χ4v) is 10.9. The lowest BCUT2D eigenvalue weighted by atomic mass is 9.62. The number of hydrogen-bond donors (Lipinski definition) is 2. The molecule has 0 bridgehead atoms. The van der Waals surface area contributed by atoms with E-state index in [0.29, 0.717) is 18.3 Å². The van der Waals surface area contributed by atoms with Gasteiger partial charge in [-0.2, -0.15) is 0 Å². The molecule has 8 atom stereocenters. The summed E-state index contributed by atoms with van der Waals surface area (Å²) >= 11 is 0. The minimum atomic E-state index is -0.970. The molecular weight excluding hydrogens is 765 g/mol. The Morgan fingerprint density at radius 2 is 0.887 bits per heavy atom. The number of benzene rings is 6. The molecule has 324 valence electrons. The zero-order valence-corrected chi connectivity index (χ0v) is 37.5. The Morgan fingerprint density at radius 1 is 0.484 bits per heavy atom. The summed E-state index contributed by atoms with van der Waals surface area (Å²) < 4.78 is 11.1. The molecule has 0 heterocycles. The Balaban J connectivity index is 0.000000186. The fraction of sp³-hybridized carbons (Fsp3) is 0.357. The van der Waals surface area contributed by atoms with Gasteiger partial charge in [0.2, 0.25) is 0 Å². The summed E-state index contributed by atoms with van der Waals surface area (Å²) in [6.07, 6.45) is 5.21. The number of nitrogens with zero attached hydrogens (tertiary/aromatic N) is 2. The van der Waals surface area contributed by atoms with Crippen LogP contribution >= 0.6 is 0 Å². The van der Waals surface area contributed by atoms with Gasteiger partial charge < -0.3 is 29.5 Å². The van der Waals surface area contributed by atoms with Gasteiger partial charge in [-0.25, -0.2) is 0 Å². The van der Waals surface area contributed by atoms with Crippen LogP contribution in [-0.4, -0.2) is 62.4 Å². The lowest BCUT2D eigenvalue weighted by Gasteiger charge is -2.49. The molecule has 0 spiro atoms. The third kappa shape index (κ3) is 9.70. The van der Waals surface area contributed by atoms with Gasteiger partial charge in [0, 0.05) is 29.5 Å². The molecule has 8 rings (SSSR count). The van der Waals surface area contributed by atoms with Crippen LogP contribution < -0.4 is 9.47 Å². The smallest absolute Gasteiger partial charge is 0.124 e. The first-order chi connectivity index (χ1) is 30.1. The summed E-state index contributed by atoms with van der Waals surface area (Å²) in [5.74, 6) is 2.51. The van der Waals surface area contributed by atoms with Crippen molar-refractivity contribution in [3.05, 3.63) is 203 Å². The molecule has 6 nitrogen and oxygen atoms in total. The standard InChI is InChI=1S/2C28H33NO2/c1-29(2)27(22-14-8-5-9-15-22)25-20-23(21-12-6-4-7-13-21)18-19-28(25,30)24-16-10-11-17-26(24)31-3;1-29(2)27(22-12-8-5-9-13-22)26-20-23(21-10-6-4-7-11-21)18-19-28(26,30)24-14-16-25(31-3)17-15-24/h4-17,23,25,27,30H,18-20H2,1-3H3;4-17,23,26-27,30H,18-20H2,1-3H3. The molecule has 0 radical (unpaired) electrons. The molecular formula is C56H66N2O4. The van der Waals surface area contributed by atoms with E-state index in [1.165, 1.54) is 22.3 Å². The van der Waals surface area contributed by atoms with E-state index < -0.39 is 11.2 Å². The highest BCUT2D eigenvalue weighted by Gasteiger charge is 2.50. The largest absolute Gasteiger partial charge is 0.497 e. The molecule has 2 aliphatic carbocycles. The summed E-state index contributed by atoms with van der Waals surface area (Å²) in [5.41, 5.74) is 5.22. The van der Waals surface area contributed by atoms with Gasteiger partial charge in [-0.3, -0.25) is 0 Å². The Kier molecular flexibility index (Phi) is 14.7. The van der Waals surface area contributed by atoms with E-state index in [9.17, 15) is 10.2 Å². The van der Waals surface area contributed by atoms with Gasteiger partial charge in [0.05, 0.1) is 25.4 Å². The number of aliphatic hydroxyl groups is 2. The topological polar surface area (TPSA) is 65.4 Å². The number of para-hydroxylation sites is 1. The molecule has 0 aliphatic heterocycles. The van der Waals surface area contributed by atoms with Crippen molar-refractivity contribution in [1.29, 1.82) is 0 Å². The average molecular weight is 831 g/mol. The second-order valence-electron chi connectivity index (χ2n) is 17.9. The molecule has 62 heavy (non-hydrogen) atoms. The van der Waals surface area contributed by atoms with Gasteiger partial charge in [0.15, 0.2) is 0 Å². The molecule has 6 heteroatoms. The number of methoxy groups -OCH3 is 2. The van der Waals surface area contributed by atoms with Gasteiger partial charge in [-0.15, -0.1) is 0 Å².